The zero-order valence-electron chi connectivity index (χ0n) is 13.4. The van der Waals surface area contributed by atoms with Crippen molar-refractivity contribution in [3.8, 4) is 11.6 Å². The Labute approximate surface area is 146 Å². The molecule has 2 rings (SSSR count). The fraction of sp³-hybridized carbons (Fsp3) is 0.389. The van der Waals surface area contributed by atoms with Crippen LogP contribution in [-0.4, -0.2) is 24.7 Å². The normalized spacial score (nSPS) is 10.5. The zero-order valence-corrected chi connectivity index (χ0v) is 15.0. The van der Waals surface area contributed by atoms with Crippen LogP contribution < -0.4 is 14.8 Å². The molecule has 0 amide bonds. The van der Waals surface area contributed by atoms with E-state index < -0.39 is 0 Å². The molecule has 4 nitrogen and oxygen atoms in total. The van der Waals surface area contributed by atoms with Gasteiger partial charge < -0.3 is 14.8 Å². The Kier molecular flexibility index (Phi) is 7.90. The van der Waals surface area contributed by atoms with E-state index >= 15 is 0 Å². The van der Waals surface area contributed by atoms with Crippen LogP contribution in [0, 0.1) is 0 Å². The lowest BCUT2D eigenvalue weighted by Gasteiger charge is -2.12. The van der Waals surface area contributed by atoms with Gasteiger partial charge in [0.1, 0.15) is 5.75 Å². The lowest BCUT2D eigenvalue weighted by molar-refractivity contribution is 0.295. The Morgan fingerprint density at radius 3 is 2.83 bits per heavy atom. The summed E-state index contributed by atoms with van der Waals surface area (Å²) in [4.78, 5) is 4.13. The van der Waals surface area contributed by atoms with Gasteiger partial charge in [-0.3, -0.25) is 0 Å². The monoisotopic (exact) mass is 378 g/mol. The van der Waals surface area contributed by atoms with E-state index in [1.54, 1.807) is 6.20 Å². The van der Waals surface area contributed by atoms with Crippen LogP contribution in [0.1, 0.15) is 25.3 Å². The summed E-state index contributed by atoms with van der Waals surface area (Å²) in [6, 6.07) is 11.8. The zero-order chi connectivity index (χ0) is 16.3. The quantitative estimate of drug-likeness (QED) is 0.629. The molecule has 0 aliphatic heterocycles. The second-order valence-corrected chi connectivity index (χ2v) is 6.06. The molecule has 0 aliphatic carbocycles. The van der Waals surface area contributed by atoms with Gasteiger partial charge in [0.05, 0.1) is 13.2 Å². The molecule has 1 aromatic carbocycles. The Balaban J connectivity index is 1.70. The number of pyridine rings is 1. The molecule has 1 heterocycles. The smallest absolute Gasteiger partial charge is 0.213 e. The van der Waals surface area contributed by atoms with Crippen LogP contribution in [0.5, 0.6) is 11.6 Å². The first kappa shape index (κ1) is 17.8. The van der Waals surface area contributed by atoms with Crippen LogP contribution in [0.15, 0.2) is 47.1 Å². The number of halogens is 1. The summed E-state index contributed by atoms with van der Waals surface area (Å²) in [5, 5.41) is 3.43. The van der Waals surface area contributed by atoms with Gasteiger partial charge in [-0.15, -0.1) is 0 Å². The van der Waals surface area contributed by atoms with Crippen molar-refractivity contribution < 1.29 is 9.47 Å². The lowest BCUT2D eigenvalue weighted by Crippen LogP contribution is -2.17. The van der Waals surface area contributed by atoms with E-state index in [9.17, 15) is 0 Å². The fourth-order valence-electron chi connectivity index (χ4n) is 2.07. The summed E-state index contributed by atoms with van der Waals surface area (Å²) in [6.07, 6.45) is 3.67. The molecule has 0 radical (unpaired) electrons. The van der Waals surface area contributed by atoms with E-state index in [2.05, 4.69) is 39.2 Å². The van der Waals surface area contributed by atoms with E-state index in [4.69, 9.17) is 9.47 Å². The molecule has 0 saturated heterocycles. The highest BCUT2D eigenvalue weighted by Crippen LogP contribution is 2.23. The molecule has 0 aliphatic rings. The van der Waals surface area contributed by atoms with Gasteiger partial charge in [-0.2, -0.15) is 0 Å². The average molecular weight is 379 g/mol. The summed E-state index contributed by atoms with van der Waals surface area (Å²) in [5.74, 6) is 1.63. The Hall–Kier alpha value is -1.59. The number of rotatable bonds is 10. The molecule has 5 heteroatoms. The van der Waals surface area contributed by atoms with Gasteiger partial charge >= 0.3 is 0 Å². The molecule has 0 atom stereocenters. The van der Waals surface area contributed by atoms with Gasteiger partial charge in [0.2, 0.25) is 5.88 Å². The largest absolute Gasteiger partial charge is 0.493 e. The molecular formula is C18H23BrN2O2. The predicted molar refractivity (Wildman–Crippen MR) is 96.0 cm³/mol. The number of hydrogen-bond donors (Lipinski definition) is 1. The maximum atomic E-state index is 5.78. The number of hydrogen-bond acceptors (Lipinski definition) is 4. The van der Waals surface area contributed by atoms with Gasteiger partial charge in [0.25, 0.3) is 0 Å². The SMILES string of the molecule is CCCOc1ccc(Br)cc1CNCCCOc1ccccn1. The molecule has 1 N–H and O–H groups in total. The van der Waals surface area contributed by atoms with Crippen LogP contribution in [0.2, 0.25) is 0 Å². The second-order valence-electron chi connectivity index (χ2n) is 5.15. The van der Waals surface area contributed by atoms with Crippen molar-refractivity contribution in [3.05, 3.63) is 52.6 Å². The van der Waals surface area contributed by atoms with E-state index in [0.29, 0.717) is 12.5 Å². The van der Waals surface area contributed by atoms with Crippen molar-refractivity contribution in [2.45, 2.75) is 26.3 Å². The van der Waals surface area contributed by atoms with Gasteiger partial charge in [-0.25, -0.2) is 4.98 Å². The minimum atomic E-state index is 0.654. The number of ether oxygens (including phenoxy) is 2. The molecule has 2 aromatic rings. The van der Waals surface area contributed by atoms with Crippen molar-refractivity contribution in [2.24, 2.45) is 0 Å². The third-order valence-electron chi connectivity index (χ3n) is 3.19. The molecule has 0 unspecified atom stereocenters. The minimum Gasteiger partial charge on any atom is -0.493 e. The summed E-state index contributed by atoms with van der Waals surface area (Å²) in [6.45, 7) is 5.17. The highest BCUT2D eigenvalue weighted by atomic mass is 79.9. The summed E-state index contributed by atoms with van der Waals surface area (Å²) in [5.41, 5.74) is 1.17. The van der Waals surface area contributed by atoms with Gasteiger partial charge in [0.15, 0.2) is 0 Å². The topological polar surface area (TPSA) is 43.4 Å². The molecule has 0 fully saturated rings. The van der Waals surface area contributed by atoms with Crippen molar-refractivity contribution in [1.29, 1.82) is 0 Å². The Morgan fingerprint density at radius 2 is 2.04 bits per heavy atom. The lowest BCUT2D eigenvalue weighted by atomic mass is 10.2. The average Bonchev–Trinajstić information content (AvgIpc) is 2.58. The van der Waals surface area contributed by atoms with Crippen molar-refractivity contribution in [3.63, 3.8) is 0 Å². The fourth-order valence-corrected chi connectivity index (χ4v) is 2.48. The molecular weight excluding hydrogens is 356 g/mol. The number of nitrogens with one attached hydrogen (secondary N) is 1. The van der Waals surface area contributed by atoms with Crippen molar-refractivity contribution >= 4 is 15.9 Å². The first-order chi connectivity index (χ1) is 11.3. The Bertz CT molecular complexity index is 578. The third kappa shape index (κ3) is 6.59. The minimum absolute atomic E-state index is 0.654. The maximum Gasteiger partial charge on any atom is 0.213 e. The molecule has 0 spiro atoms. The van der Waals surface area contributed by atoms with E-state index in [1.165, 1.54) is 5.56 Å². The highest BCUT2D eigenvalue weighted by molar-refractivity contribution is 9.10. The highest BCUT2D eigenvalue weighted by Gasteiger charge is 2.04. The number of aromatic nitrogens is 1. The first-order valence-corrected chi connectivity index (χ1v) is 8.74. The molecule has 1 aromatic heterocycles. The number of benzene rings is 1. The second kappa shape index (κ2) is 10.2. The molecule has 0 bridgehead atoms. The van der Waals surface area contributed by atoms with Gasteiger partial charge in [0, 0.05) is 28.8 Å². The van der Waals surface area contributed by atoms with E-state index in [-0.39, 0.29) is 0 Å². The summed E-state index contributed by atoms with van der Waals surface area (Å²) >= 11 is 3.51. The van der Waals surface area contributed by atoms with Crippen molar-refractivity contribution in [2.75, 3.05) is 19.8 Å². The molecule has 124 valence electrons. The molecule has 23 heavy (non-hydrogen) atoms. The predicted octanol–water partition coefficient (Wildman–Crippen LogP) is 4.19. The third-order valence-corrected chi connectivity index (χ3v) is 3.68. The van der Waals surface area contributed by atoms with Crippen LogP contribution >= 0.6 is 15.9 Å². The maximum absolute atomic E-state index is 5.78. The standard InChI is InChI=1S/C18H23BrN2O2/c1-2-11-22-17-8-7-16(19)13-15(17)14-20-9-5-12-23-18-6-3-4-10-21-18/h3-4,6-8,10,13,20H,2,5,9,11-12,14H2,1H3. The molecule has 0 saturated carbocycles. The van der Waals surface area contributed by atoms with Crippen LogP contribution in [0.3, 0.4) is 0 Å². The van der Waals surface area contributed by atoms with E-state index in [1.807, 2.05) is 30.3 Å². The Morgan fingerprint density at radius 1 is 1.13 bits per heavy atom. The van der Waals surface area contributed by atoms with Crippen LogP contribution in [0.4, 0.5) is 0 Å². The summed E-state index contributed by atoms with van der Waals surface area (Å²) in [7, 11) is 0. The van der Waals surface area contributed by atoms with Gasteiger partial charge in [-0.05, 0) is 43.7 Å². The van der Waals surface area contributed by atoms with Crippen molar-refractivity contribution in [1.82, 2.24) is 10.3 Å². The number of nitrogens with zero attached hydrogens (tertiary/aromatic N) is 1. The van der Waals surface area contributed by atoms with Crippen LogP contribution in [-0.2, 0) is 6.54 Å². The van der Waals surface area contributed by atoms with Gasteiger partial charge in [-0.1, -0.05) is 28.9 Å². The van der Waals surface area contributed by atoms with Crippen LogP contribution in [0.25, 0.3) is 0 Å². The first-order valence-electron chi connectivity index (χ1n) is 7.95. The van der Waals surface area contributed by atoms with E-state index in [0.717, 1.165) is 42.8 Å². The summed E-state index contributed by atoms with van der Waals surface area (Å²) < 4.78 is 12.4.